The predicted octanol–water partition coefficient (Wildman–Crippen LogP) is 0.691. The van der Waals surface area contributed by atoms with Crippen LogP contribution in [0.15, 0.2) is 0 Å². The van der Waals surface area contributed by atoms with Crippen LogP contribution in [0, 0.1) is 11.3 Å². The van der Waals surface area contributed by atoms with Crippen LogP contribution in [0.2, 0.25) is 0 Å². The van der Waals surface area contributed by atoms with Gasteiger partial charge in [-0.1, -0.05) is 19.8 Å². The van der Waals surface area contributed by atoms with Gasteiger partial charge in [-0.15, -0.1) is 0 Å². The van der Waals surface area contributed by atoms with Gasteiger partial charge in [0.15, 0.2) is 9.84 Å². The molecule has 1 aliphatic carbocycles. The molecule has 0 spiro atoms. The molecule has 0 amide bonds. The summed E-state index contributed by atoms with van der Waals surface area (Å²) in [5.41, 5.74) is 4.43. The van der Waals surface area contributed by atoms with Crippen molar-refractivity contribution >= 4 is 9.84 Å². The Balaban J connectivity index is 2.29. The smallest absolute Gasteiger partial charge is 0.153 e. The Hall–Kier alpha value is -0.130. The molecule has 0 aromatic carbocycles. The number of nitrogens with two attached hydrogens (primary N) is 1. The van der Waals surface area contributed by atoms with Crippen LogP contribution in [0.3, 0.4) is 0 Å². The number of hydrogen-bond acceptors (Lipinski definition) is 4. The molecule has 100 valence electrons. The quantitative estimate of drug-likeness (QED) is 0.766. The van der Waals surface area contributed by atoms with E-state index in [9.17, 15) is 13.5 Å². The fraction of sp³-hybridized carbons (Fsp3) is 1.00. The topological polar surface area (TPSA) is 80.4 Å². The Morgan fingerprint density at radius 3 is 2.59 bits per heavy atom. The van der Waals surface area contributed by atoms with Gasteiger partial charge in [-0.25, -0.2) is 8.42 Å². The van der Waals surface area contributed by atoms with Gasteiger partial charge < -0.3 is 10.8 Å². The Morgan fingerprint density at radius 1 is 1.41 bits per heavy atom. The van der Waals surface area contributed by atoms with E-state index in [1.165, 1.54) is 0 Å². The van der Waals surface area contributed by atoms with Crippen LogP contribution in [0.4, 0.5) is 0 Å². The first kappa shape index (κ1) is 13.3. The molecule has 5 heteroatoms. The third kappa shape index (κ3) is 2.25. The first-order valence-corrected chi connectivity index (χ1v) is 8.28. The summed E-state index contributed by atoms with van der Waals surface area (Å²) < 4.78 is 23.3. The monoisotopic (exact) mass is 261 g/mol. The first-order valence-electron chi connectivity index (χ1n) is 6.45. The lowest BCUT2D eigenvalue weighted by Gasteiger charge is -2.48. The lowest BCUT2D eigenvalue weighted by atomic mass is 9.60. The molecule has 0 bridgehead atoms. The highest BCUT2D eigenvalue weighted by Crippen LogP contribution is 2.50. The summed E-state index contributed by atoms with van der Waals surface area (Å²) in [5, 5.41) is 10.8. The van der Waals surface area contributed by atoms with E-state index < -0.39 is 15.4 Å². The molecule has 2 rings (SSSR count). The van der Waals surface area contributed by atoms with Gasteiger partial charge in [0.25, 0.3) is 0 Å². The van der Waals surface area contributed by atoms with Crippen molar-refractivity contribution in [2.24, 2.45) is 17.1 Å². The van der Waals surface area contributed by atoms with Crippen LogP contribution in [0.5, 0.6) is 0 Å². The minimum absolute atomic E-state index is 0.0933. The van der Waals surface area contributed by atoms with Gasteiger partial charge in [0.2, 0.25) is 0 Å². The van der Waals surface area contributed by atoms with Gasteiger partial charge >= 0.3 is 0 Å². The lowest BCUT2D eigenvalue weighted by molar-refractivity contribution is -0.0883. The Labute approximate surface area is 104 Å². The average Bonchev–Trinajstić information content (AvgIpc) is 2.54. The minimum atomic E-state index is -3.07. The van der Waals surface area contributed by atoms with Crippen molar-refractivity contribution in [3.63, 3.8) is 0 Å². The molecule has 0 radical (unpaired) electrons. The van der Waals surface area contributed by atoms with E-state index in [1.54, 1.807) is 0 Å². The molecule has 3 unspecified atom stereocenters. The van der Waals surface area contributed by atoms with Gasteiger partial charge in [0.1, 0.15) is 0 Å². The van der Waals surface area contributed by atoms with Crippen molar-refractivity contribution in [2.75, 3.05) is 18.1 Å². The minimum Gasteiger partial charge on any atom is -0.388 e. The molecule has 3 atom stereocenters. The third-order valence-corrected chi connectivity index (χ3v) is 6.50. The van der Waals surface area contributed by atoms with Gasteiger partial charge in [-0.3, -0.25) is 0 Å². The summed E-state index contributed by atoms with van der Waals surface area (Å²) in [6.07, 6.45) is 4.28. The fourth-order valence-corrected chi connectivity index (χ4v) is 5.68. The van der Waals surface area contributed by atoms with Crippen LogP contribution < -0.4 is 5.73 Å². The maximum Gasteiger partial charge on any atom is 0.153 e. The molecule has 0 aromatic rings. The second-order valence-electron chi connectivity index (χ2n) is 6.06. The van der Waals surface area contributed by atoms with Gasteiger partial charge in [0, 0.05) is 12.0 Å². The summed E-state index contributed by atoms with van der Waals surface area (Å²) in [5.74, 6) is 0.545. The Bertz CT molecular complexity index is 395. The first-order chi connectivity index (χ1) is 7.83. The van der Waals surface area contributed by atoms with Gasteiger partial charge in [-0.2, -0.15) is 0 Å². The zero-order valence-corrected chi connectivity index (χ0v) is 11.3. The summed E-state index contributed by atoms with van der Waals surface area (Å²) in [4.78, 5) is 0. The maximum atomic E-state index is 11.6. The molecule has 1 saturated heterocycles. The van der Waals surface area contributed by atoms with E-state index in [1.807, 2.05) is 0 Å². The molecule has 2 aliphatic rings. The predicted molar refractivity (Wildman–Crippen MR) is 67.3 cm³/mol. The Morgan fingerprint density at radius 2 is 2.12 bits per heavy atom. The summed E-state index contributed by atoms with van der Waals surface area (Å²) >= 11 is 0. The van der Waals surface area contributed by atoms with E-state index in [-0.39, 0.29) is 16.9 Å². The molecule has 1 aliphatic heterocycles. The average molecular weight is 261 g/mol. The summed E-state index contributed by atoms with van der Waals surface area (Å²) in [6.45, 7) is 2.56. The van der Waals surface area contributed by atoms with E-state index in [2.05, 4.69) is 6.92 Å². The van der Waals surface area contributed by atoms with Crippen LogP contribution in [-0.4, -0.2) is 37.2 Å². The SMILES string of the molecule is CC1CCCC(CN)(C2(O)CCS(=O)(=O)C2)C1. The van der Waals surface area contributed by atoms with Crippen molar-refractivity contribution in [3.05, 3.63) is 0 Å². The largest absolute Gasteiger partial charge is 0.388 e. The van der Waals surface area contributed by atoms with Crippen LogP contribution >= 0.6 is 0 Å². The third-order valence-electron chi connectivity index (χ3n) is 4.75. The number of hydrogen-bond donors (Lipinski definition) is 2. The van der Waals surface area contributed by atoms with Crippen molar-refractivity contribution in [2.45, 2.75) is 44.6 Å². The van der Waals surface area contributed by atoms with Crippen molar-refractivity contribution in [1.29, 1.82) is 0 Å². The van der Waals surface area contributed by atoms with E-state index >= 15 is 0 Å². The molecular weight excluding hydrogens is 238 g/mol. The molecule has 0 aromatic heterocycles. The van der Waals surface area contributed by atoms with Crippen molar-refractivity contribution in [3.8, 4) is 0 Å². The zero-order chi connectivity index (χ0) is 12.7. The second kappa shape index (κ2) is 4.21. The van der Waals surface area contributed by atoms with Crippen LogP contribution in [0.1, 0.15) is 39.0 Å². The molecule has 2 fully saturated rings. The van der Waals surface area contributed by atoms with E-state index in [4.69, 9.17) is 5.73 Å². The number of rotatable bonds is 2. The second-order valence-corrected chi connectivity index (χ2v) is 8.24. The number of sulfone groups is 1. The Kier molecular flexibility index (Phi) is 3.30. The van der Waals surface area contributed by atoms with Crippen LogP contribution in [0.25, 0.3) is 0 Å². The summed E-state index contributed by atoms with van der Waals surface area (Å²) in [7, 11) is -3.07. The molecule has 4 nitrogen and oxygen atoms in total. The maximum absolute atomic E-state index is 11.6. The summed E-state index contributed by atoms with van der Waals surface area (Å²) in [6, 6.07) is 0. The lowest BCUT2D eigenvalue weighted by Crippen LogP contribution is -2.55. The molecule has 1 heterocycles. The van der Waals surface area contributed by atoms with Gasteiger partial charge in [-0.05, 0) is 25.2 Å². The molecular formula is C12H23NO3S. The van der Waals surface area contributed by atoms with Gasteiger partial charge in [0.05, 0.1) is 17.1 Å². The highest BCUT2D eigenvalue weighted by Gasteiger charge is 2.55. The molecule has 1 saturated carbocycles. The highest BCUT2D eigenvalue weighted by molar-refractivity contribution is 7.91. The normalized spacial score (nSPS) is 45.9. The highest BCUT2D eigenvalue weighted by atomic mass is 32.2. The molecule has 3 N–H and O–H groups in total. The van der Waals surface area contributed by atoms with E-state index in [0.29, 0.717) is 18.9 Å². The molecule has 17 heavy (non-hydrogen) atoms. The standard InChI is InChI=1S/C12H23NO3S/c1-10-3-2-4-11(7-10,8-13)12(14)5-6-17(15,16)9-12/h10,14H,2-9,13H2,1H3. The van der Waals surface area contributed by atoms with Crippen LogP contribution in [-0.2, 0) is 9.84 Å². The fourth-order valence-electron chi connectivity index (χ4n) is 3.71. The zero-order valence-electron chi connectivity index (χ0n) is 10.5. The van der Waals surface area contributed by atoms with Crippen molar-refractivity contribution < 1.29 is 13.5 Å². The van der Waals surface area contributed by atoms with Crippen molar-refractivity contribution in [1.82, 2.24) is 0 Å². The van der Waals surface area contributed by atoms with E-state index in [0.717, 1.165) is 25.7 Å². The number of aliphatic hydroxyl groups is 1.